The molecule has 0 aliphatic heterocycles. The van der Waals surface area contributed by atoms with E-state index in [1.807, 2.05) is 0 Å². The Balaban J connectivity index is 2.32. The van der Waals surface area contributed by atoms with Crippen molar-refractivity contribution in [2.45, 2.75) is 46.3 Å². The maximum absolute atomic E-state index is 13.2. The monoisotopic (exact) mass is 249 g/mol. The van der Waals surface area contributed by atoms with Gasteiger partial charge in [-0.1, -0.05) is 6.92 Å². The van der Waals surface area contributed by atoms with Crippen LogP contribution in [-0.4, -0.2) is 15.6 Å². The van der Waals surface area contributed by atoms with E-state index in [1.54, 1.807) is 6.07 Å². The van der Waals surface area contributed by atoms with Crippen LogP contribution in [0, 0.1) is 5.82 Å². The molecule has 0 saturated carbocycles. The SMILES string of the molecule is CCC(C)NCc1nc2cc(F)ccc2n1CC. The molecular weight excluding hydrogens is 229 g/mol. The zero-order valence-corrected chi connectivity index (χ0v) is 11.2. The van der Waals surface area contributed by atoms with Gasteiger partial charge in [-0.2, -0.15) is 0 Å². The van der Waals surface area contributed by atoms with Crippen molar-refractivity contribution in [3.8, 4) is 0 Å². The molecule has 3 nitrogen and oxygen atoms in total. The third-order valence-corrected chi connectivity index (χ3v) is 3.33. The lowest BCUT2D eigenvalue weighted by molar-refractivity contribution is 0.512. The van der Waals surface area contributed by atoms with Crippen molar-refractivity contribution in [3.63, 3.8) is 0 Å². The van der Waals surface area contributed by atoms with Gasteiger partial charge >= 0.3 is 0 Å². The Morgan fingerprint density at radius 2 is 2.17 bits per heavy atom. The minimum Gasteiger partial charge on any atom is -0.327 e. The highest BCUT2D eigenvalue weighted by molar-refractivity contribution is 5.76. The average molecular weight is 249 g/mol. The van der Waals surface area contributed by atoms with E-state index in [4.69, 9.17) is 0 Å². The molecule has 0 aliphatic carbocycles. The quantitative estimate of drug-likeness (QED) is 0.882. The van der Waals surface area contributed by atoms with Gasteiger partial charge in [-0.15, -0.1) is 0 Å². The molecule has 0 fully saturated rings. The second-order valence-corrected chi connectivity index (χ2v) is 4.60. The van der Waals surface area contributed by atoms with Gasteiger partial charge in [-0.3, -0.25) is 0 Å². The van der Waals surface area contributed by atoms with Crippen molar-refractivity contribution in [2.75, 3.05) is 0 Å². The fraction of sp³-hybridized carbons (Fsp3) is 0.500. The van der Waals surface area contributed by atoms with Gasteiger partial charge in [-0.05, 0) is 32.4 Å². The number of nitrogens with one attached hydrogen (secondary N) is 1. The molecule has 1 unspecified atom stereocenters. The largest absolute Gasteiger partial charge is 0.327 e. The lowest BCUT2D eigenvalue weighted by Crippen LogP contribution is -2.26. The van der Waals surface area contributed by atoms with E-state index in [2.05, 4.69) is 35.6 Å². The highest BCUT2D eigenvalue weighted by atomic mass is 19.1. The fourth-order valence-corrected chi connectivity index (χ4v) is 2.05. The third-order valence-electron chi connectivity index (χ3n) is 3.33. The summed E-state index contributed by atoms with van der Waals surface area (Å²) >= 11 is 0. The smallest absolute Gasteiger partial charge is 0.125 e. The number of rotatable bonds is 5. The minimum absolute atomic E-state index is 0.232. The molecule has 0 saturated heterocycles. The molecule has 0 aliphatic rings. The molecule has 2 rings (SSSR count). The maximum atomic E-state index is 13.2. The number of hydrogen-bond acceptors (Lipinski definition) is 2. The lowest BCUT2D eigenvalue weighted by atomic mass is 10.2. The molecule has 4 heteroatoms. The van der Waals surface area contributed by atoms with Crippen LogP contribution in [0.1, 0.15) is 33.0 Å². The van der Waals surface area contributed by atoms with Crippen LogP contribution < -0.4 is 5.32 Å². The number of benzene rings is 1. The molecule has 98 valence electrons. The minimum atomic E-state index is -0.232. The van der Waals surface area contributed by atoms with E-state index < -0.39 is 0 Å². The van der Waals surface area contributed by atoms with Gasteiger partial charge in [0.1, 0.15) is 11.6 Å². The van der Waals surface area contributed by atoms with Crippen molar-refractivity contribution in [3.05, 3.63) is 29.8 Å². The third kappa shape index (κ3) is 2.53. The second-order valence-electron chi connectivity index (χ2n) is 4.60. The molecule has 1 aromatic carbocycles. The van der Waals surface area contributed by atoms with Gasteiger partial charge in [0.05, 0.1) is 17.6 Å². The number of hydrogen-bond donors (Lipinski definition) is 1. The van der Waals surface area contributed by atoms with E-state index in [1.165, 1.54) is 12.1 Å². The predicted molar refractivity (Wildman–Crippen MR) is 72.0 cm³/mol. The number of nitrogens with zero attached hydrogens (tertiary/aromatic N) is 2. The molecule has 0 amide bonds. The number of halogens is 1. The van der Waals surface area contributed by atoms with Gasteiger partial charge in [0.2, 0.25) is 0 Å². The molecule has 0 bridgehead atoms. The number of aromatic nitrogens is 2. The summed E-state index contributed by atoms with van der Waals surface area (Å²) in [6.07, 6.45) is 1.08. The maximum Gasteiger partial charge on any atom is 0.125 e. The number of aryl methyl sites for hydroxylation is 1. The summed E-state index contributed by atoms with van der Waals surface area (Å²) in [4.78, 5) is 4.51. The van der Waals surface area contributed by atoms with E-state index >= 15 is 0 Å². The topological polar surface area (TPSA) is 29.9 Å². The predicted octanol–water partition coefficient (Wildman–Crippen LogP) is 3.08. The molecule has 1 heterocycles. The van der Waals surface area contributed by atoms with Crippen LogP contribution in [-0.2, 0) is 13.1 Å². The van der Waals surface area contributed by atoms with Gasteiger partial charge < -0.3 is 9.88 Å². The van der Waals surface area contributed by atoms with Crippen LogP contribution in [0.5, 0.6) is 0 Å². The summed E-state index contributed by atoms with van der Waals surface area (Å²) in [7, 11) is 0. The van der Waals surface area contributed by atoms with Crippen LogP contribution in [0.4, 0.5) is 4.39 Å². The first kappa shape index (κ1) is 13.0. The summed E-state index contributed by atoms with van der Waals surface area (Å²) in [5, 5.41) is 3.42. The van der Waals surface area contributed by atoms with Crippen molar-refractivity contribution >= 4 is 11.0 Å². The van der Waals surface area contributed by atoms with Crippen LogP contribution in [0.25, 0.3) is 11.0 Å². The summed E-state index contributed by atoms with van der Waals surface area (Å²) in [5.74, 6) is 0.739. The zero-order chi connectivity index (χ0) is 13.1. The molecule has 2 aromatic rings. The number of imidazole rings is 1. The summed E-state index contributed by atoms with van der Waals surface area (Å²) in [6, 6.07) is 5.25. The molecule has 1 atom stereocenters. The molecular formula is C14H20FN3. The summed E-state index contributed by atoms with van der Waals surface area (Å²) in [5.41, 5.74) is 1.73. The first-order valence-corrected chi connectivity index (χ1v) is 6.53. The van der Waals surface area contributed by atoms with Gasteiger partial charge in [0.15, 0.2) is 0 Å². The van der Waals surface area contributed by atoms with Crippen LogP contribution in [0.15, 0.2) is 18.2 Å². The summed E-state index contributed by atoms with van der Waals surface area (Å²) in [6.45, 7) is 7.95. The Morgan fingerprint density at radius 3 is 2.83 bits per heavy atom. The zero-order valence-electron chi connectivity index (χ0n) is 11.2. The van der Waals surface area contributed by atoms with E-state index in [0.29, 0.717) is 6.04 Å². The molecule has 1 aromatic heterocycles. The van der Waals surface area contributed by atoms with Crippen LogP contribution >= 0.6 is 0 Å². The Bertz CT molecular complexity index is 533. The Labute approximate surface area is 107 Å². The molecule has 0 spiro atoms. The van der Waals surface area contributed by atoms with Crippen molar-refractivity contribution < 1.29 is 4.39 Å². The van der Waals surface area contributed by atoms with Gasteiger partial charge in [-0.25, -0.2) is 9.37 Å². The van der Waals surface area contributed by atoms with Crippen LogP contribution in [0.3, 0.4) is 0 Å². The van der Waals surface area contributed by atoms with Crippen molar-refractivity contribution in [1.82, 2.24) is 14.9 Å². The number of fused-ring (bicyclic) bond motifs is 1. The van der Waals surface area contributed by atoms with Crippen molar-refractivity contribution in [1.29, 1.82) is 0 Å². The first-order chi connectivity index (χ1) is 8.65. The highest BCUT2D eigenvalue weighted by Crippen LogP contribution is 2.17. The fourth-order valence-electron chi connectivity index (χ4n) is 2.05. The normalized spacial score (nSPS) is 13.1. The average Bonchev–Trinajstić information content (AvgIpc) is 2.72. The van der Waals surface area contributed by atoms with E-state index in [9.17, 15) is 4.39 Å². The highest BCUT2D eigenvalue weighted by Gasteiger charge is 2.10. The standard InChI is InChI=1S/C14H20FN3/c1-4-10(3)16-9-14-17-12-8-11(15)6-7-13(12)18(14)5-2/h6-8,10,16H,4-5,9H2,1-3H3. The second kappa shape index (κ2) is 5.48. The van der Waals surface area contributed by atoms with Gasteiger partial charge in [0, 0.05) is 18.7 Å². The van der Waals surface area contributed by atoms with Gasteiger partial charge in [0.25, 0.3) is 0 Å². The Morgan fingerprint density at radius 1 is 1.39 bits per heavy atom. The van der Waals surface area contributed by atoms with Crippen LogP contribution in [0.2, 0.25) is 0 Å². The van der Waals surface area contributed by atoms with E-state index in [-0.39, 0.29) is 5.82 Å². The van der Waals surface area contributed by atoms with Crippen molar-refractivity contribution in [2.24, 2.45) is 0 Å². The summed E-state index contributed by atoms with van der Waals surface area (Å²) < 4.78 is 15.3. The van der Waals surface area contributed by atoms with E-state index in [0.717, 1.165) is 36.4 Å². The Hall–Kier alpha value is -1.42. The lowest BCUT2D eigenvalue weighted by Gasteiger charge is -2.11. The first-order valence-electron chi connectivity index (χ1n) is 6.53. The Kier molecular flexibility index (Phi) is 3.97. The molecule has 0 radical (unpaired) electrons. The molecule has 18 heavy (non-hydrogen) atoms. The molecule has 1 N–H and O–H groups in total.